The van der Waals surface area contributed by atoms with Crippen LogP contribution in [0.5, 0.6) is 0 Å². The average molecular weight is 438 g/mol. The summed E-state index contributed by atoms with van der Waals surface area (Å²) in [6.07, 6.45) is 1.45. The summed E-state index contributed by atoms with van der Waals surface area (Å²) < 4.78 is 47.2. The van der Waals surface area contributed by atoms with Crippen molar-refractivity contribution < 1.29 is 17.9 Å². The lowest BCUT2D eigenvalue weighted by molar-refractivity contribution is -0.137. The molecule has 1 fully saturated rings. The lowest BCUT2D eigenvalue weighted by Crippen LogP contribution is -2.41. The number of alkyl halides is 3. The summed E-state index contributed by atoms with van der Waals surface area (Å²) in [7, 11) is 0. The highest BCUT2D eigenvalue weighted by atomic mass is 19.4. The molecule has 2 heterocycles. The molecule has 2 aromatic rings. The maximum Gasteiger partial charge on any atom is 0.416 e. The van der Waals surface area contributed by atoms with Crippen molar-refractivity contribution in [2.45, 2.75) is 44.3 Å². The van der Waals surface area contributed by atoms with Gasteiger partial charge in [-0.05, 0) is 43.9 Å². The summed E-state index contributed by atoms with van der Waals surface area (Å²) in [5.41, 5.74) is -0.427. The highest BCUT2D eigenvalue weighted by Crippen LogP contribution is 2.38. The second kappa shape index (κ2) is 10.7. The number of benzene rings is 1. The van der Waals surface area contributed by atoms with E-state index in [9.17, 15) is 13.2 Å². The molecule has 0 unspecified atom stereocenters. The predicted molar refractivity (Wildman–Crippen MR) is 114 cm³/mol. The van der Waals surface area contributed by atoms with Crippen LogP contribution in [-0.4, -0.2) is 48.6 Å². The zero-order valence-electron chi connectivity index (χ0n) is 17.8. The second-order valence-electron chi connectivity index (χ2n) is 7.72. The Morgan fingerprint density at radius 3 is 2.71 bits per heavy atom. The van der Waals surface area contributed by atoms with Crippen LogP contribution in [0, 0.1) is 0 Å². The van der Waals surface area contributed by atoms with E-state index in [-0.39, 0.29) is 0 Å². The number of ether oxygens (including phenoxy) is 1. The SMILES string of the molecule is CCNC(=NCC1(c2cccc(C(F)(F)F)c2)CCOCC1)NCCCn1cccn1. The Morgan fingerprint density at radius 1 is 1.23 bits per heavy atom. The van der Waals surface area contributed by atoms with Crippen LogP contribution in [-0.2, 0) is 22.9 Å². The van der Waals surface area contributed by atoms with Crippen molar-refractivity contribution in [1.82, 2.24) is 20.4 Å². The Hall–Kier alpha value is -2.55. The monoisotopic (exact) mass is 437 g/mol. The van der Waals surface area contributed by atoms with Gasteiger partial charge in [0, 0.05) is 50.7 Å². The predicted octanol–water partition coefficient (Wildman–Crippen LogP) is 3.60. The van der Waals surface area contributed by atoms with Gasteiger partial charge in [0.05, 0.1) is 12.1 Å². The first-order valence-corrected chi connectivity index (χ1v) is 10.7. The summed E-state index contributed by atoms with van der Waals surface area (Å²) in [4.78, 5) is 4.75. The molecule has 0 bridgehead atoms. The fourth-order valence-electron chi connectivity index (χ4n) is 3.78. The number of hydrogen-bond acceptors (Lipinski definition) is 3. The number of nitrogens with zero attached hydrogens (tertiary/aromatic N) is 3. The van der Waals surface area contributed by atoms with Crippen LogP contribution >= 0.6 is 0 Å². The number of aryl methyl sites for hydroxylation is 1. The van der Waals surface area contributed by atoms with Crippen LogP contribution in [0.4, 0.5) is 13.2 Å². The van der Waals surface area contributed by atoms with Crippen LogP contribution in [0.15, 0.2) is 47.7 Å². The number of aromatic nitrogens is 2. The minimum Gasteiger partial charge on any atom is -0.381 e. The van der Waals surface area contributed by atoms with Gasteiger partial charge in [-0.15, -0.1) is 0 Å². The molecule has 1 saturated heterocycles. The Kier molecular flexibility index (Phi) is 7.95. The molecule has 9 heteroatoms. The molecule has 3 rings (SSSR count). The van der Waals surface area contributed by atoms with Crippen LogP contribution in [0.25, 0.3) is 0 Å². The topological polar surface area (TPSA) is 63.5 Å². The van der Waals surface area contributed by atoms with Gasteiger partial charge in [0.1, 0.15) is 0 Å². The number of rotatable bonds is 8. The molecule has 1 aliphatic heterocycles. The maximum absolute atomic E-state index is 13.3. The Balaban J connectivity index is 1.71. The standard InChI is InChI=1S/C22H30F3N5O/c1-2-26-20(27-10-4-12-30-13-5-11-29-30)28-17-21(8-14-31-15-9-21)18-6-3-7-19(16-18)22(23,24)25/h3,5-7,11,13,16H,2,4,8-10,12,14-15,17H2,1H3,(H2,26,27,28). The lowest BCUT2D eigenvalue weighted by atomic mass is 9.74. The molecule has 1 aromatic heterocycles. The minimum absolute atomic E-state index is 0.395. The maximum atomic E-state index is 13.3. The Morgan fingerprint density at radius 2 is 2.03 bits per heavy atom. The molecule has 1 aliphatic rings. The molecule has 170 valence electrons. The van der Waals surface area contributed by atoms with Crippen molar-refractivity contribution in [3.63, 3.8) is 0 Å². The van der Waals surface area contributed by atoms with E-state index in [0.29, 0.717) is 57.2 Å². The first-order chi connectivity index (χ1) is 14.9. The Bertz CT molecular complexity index is 830. The average Bonchev–Trinajstić information content (AvgIpc) is 3.29. The van der Waals surface area contributed by atoms with Crippen LogP contribution in [0.1, 0.15) is 37.3 Å². The second-order valence-corrected chi connectivity index (χ2v) is 7.72. The largest absolute Gasteiger partial charge is 0.416 e. The van der Waals surface area contributed by atoms with E-state index in [4.69, 9.17) is 9.73 Å². The van der Waals surface area contributed by atoms with Crippen molar-refractivity contribution in [2.75, 3.05) is 32.8 Å². The van der Waals surface area contributed by atoms with Crippen molar-refractivity contribution in [2.24, 2.45) is 4.99 Å². The normalized spacial score (nSPS) is 16.8. The Labute approximate surface area is 180 Å². The first-order valence-electron chi connectivity index (χ1n) is 10.7. The lowest BCUT2D eigenvalue weighted by Gasteiger charge is -2.37. The van der Waals surface area contributed by atoms with Gasteiger partial charge in [-0.2, -0.15) is 18.3 Å². The summed E-state index contributed by atoms with van der Waals surface area (Å²) >= 11 is 0. The van der Waals surface area contributed by atoms with E-state index in [0.717, 1.165) is 19.0 Å². The molecule has 0 radical (unpaired) electrons. The fourth-order valence-corrected chi connectivity index (χ4v) is 3.78. The molecule has 2 N–H and O–H groups in total. The molecular weight excluding hydrogens is 407 g/mol. The molecule has 0 saturated carbocycles. The molecule has 0 atom stereocenters. The number of guanidine groups is 1. The highest BCUT2D eigenvalue weighted by molar-refractivity contribution is 5.79. The molecule has 0 spiro atoms. The van der Waals surface area contributed by atoms with Gasteiger partial charge >= 0.3 is 6.18 Å². The third-order valence-electron chi connectivity index (χ3n) is 5.55. The summed E-state index contributed by atoms with van der Waals surface area (Å²) in [6, 6.07) is 7.54. The number of hydrogen-bond donors (Lipinski definition) is 2. The molecule has 6 nitrogen and oxygen atoms in total. The quantitative estimate of drug-likeness (QED) is 0.376. The van der Waals surface area contributed by atoms with E-state index >= 15 is 0 Å². The smallest absolute Gasteiger partial charge is 0.381 e. The van der Waals surface area contributed by atoms with E-state index < -0.39 is 17.2 Å². The van der Waals surface area contributed by atoms with E-state index in [1.54, 1.807) is 12.3 Å². The highest BCUT2D eigenvalue weighted by Gasteiger charge is 2.37. The molecular formula is C22H30F3N5O. The zero-order valence-corrected chi connectivity index (χ0v) is 17.8. The van der Waals surface area contributed by atoms with Gasteiger partial charge in [0.25, 0.3) is 0 Å². The summed E-state index contributed by atoms with van der Waals surface area (Å²) in [5, 5.41) is 10.7. The molecule has 0 amide bonds. The van der Waals surface area contributed by atoms with Gasteiger partial charge in [-0.1, -0.05) is 18.2 Å². The molecule has 31 heavy (non-hydrogen) atoms. The van der Waals surface area contributed by atoms with Crippen molar-refractivity contribution in [3.05, 3.63) is 53.9 Å². The minimum atomic E-state index is -4.36. The van der Waals surface area contributed by atoms with E-state index in [2.05, 4.69) is 15.7 Å². The van der Waals surface area contributed by atoms with Crippen molar-refractivity contribution in [1.29, 1.82) is 0 Å². The van der Waals surface area contributed by atoms with Gasteiger partial charge in [-0.3, -0.25) is 9.67 Å². The van der Waals surface area contributed by atoms with Gasteiger partial charge < -0.3 is 15.4 Å². The first kappa shape index (κ1) is 23.1. The van der Waals surface area contributed by atoms with Gasteiger partial charge in [0.2, 0.25) is 0 Å². The van der Waals surface area contributed by atoms with Crippen LogP contribution < -0.4 is 10.6 Å². The summed E-state index contributed by atoms with van der Waals surface area (Å²) in [5.74, 6) is 0.667. The fraction of sp³-hybridized carbons (Fsp3) is 0.545. The zero-order chi connectivity index (χ0) is 22.2. The van der Waals surface area contributed by atoms with E-state index in [1.165, 1.54) is 12.1 Å². The van der Waals surface area contributed by atoms with Gasteiger partial charge in [-0.25, -0.2) is 0 Å². The third kappa shape index (κ3) is 6.46. The third-order valence-corrected chi connectivity index (χ3v) is 5.55. The number of halogens is 3. The van der Waals surface area contributed by atoms with Crippen LogP contribution in [0.2, 0.25) is 0 Å². The summed E-state index contributed by atoms with van der Waals surface area (Å²) in [6.45, 7) is 5.62. The number of aliphatic imine (C=N–C) groups is 1. The van der Waals surface area contributed by atoms with Crippen molar-refractivity contribution >= 4 is 5.96 Å². The van der Waals surface area contributed by atoms with Gasteiger partial charge in [0.15, 0.2) is 5.96 Å². The number of nitrogens with one attached hydrogen (secondary N) is 2. The molecule has 1 aromatic carbocycles. The molecule has 0 aliphatic carbocycles. The van der Waals surface area contributed by atoms with Crippen molar-refractivity contribution in [3.8, 4) is 0 Å². The van der Waals surface area contributed by atoms with E-state index in [1.807, 2.05) is 23.9 Å². The van der Waals surface area contributed by atoms with Crippen LogP contribution in [0.3, 0.4) is 0 Å².